The van der Waals surface area contributed by atoms with Gasteiger partial charge in [0.2, 0.25) is 5.91 Å². The Hall–Kier alpha value is -1.65. The minimum Gasteiger partial charge on any atom is -0.337 e. The fourth-order valence-electron chi connectivity index (χ4n) is 4.09. The number of nitrogens with zero attached hydrogens (tertiary/aromatic N) is 2. The van der Waals surface area contributed by atoms with Crippen LogP contribution in [0.2, 0.25) is 0 Å². The molecular formula is C21H23BrN2O. The first-order chi connectivity index (χ1) is 12.2. The molecule has 2 aromatic carbocycles. The van der Waals surface area contributed by atoms with Gasteiger partial charge in [0.25, 0.3) is 0 Å². The van der Waals surface area contributed by atoms with E-state index in [1.807, 2.05) is 4.90 Å². The van der Waals surface area contributed by atoms with Crippen molar-refractivity contribution in [2.75, 3.05) is 19.6 Å². The second kappa shape index (κ2) is 7.30. The highest BCUT2D eigenvalue weighted by Gasteiger charge is 2.30. The average molecular weight is 399 g/mol. The Kier molecular flexibility index (Phi) is 4.91. The molecule has 2 aliphatic heterocycles. The van der Waals surface area contributed by atoms with Gasteiger partial charge in [0.05, 0.1) is 6.54 Å². The molecular weight excluding hydrogens is 376 g/mol. The molecule has 4 rings (SSSR count). The van der Waals surface area contributed by atoms with Gasteiger partial charge in [-0.15, -0.1) is 0 Å². The number of carbonyl (C=O) groups excluding carboxylic acids is 1. The topological polar surface area (TPSA) is 23.6 Å². The number of amides is 1. The largest absolute Gasteiger partial charge is 0.337 e. The number of benzene rings is 2. The highest BCUT2D eigenvalue weighted by molar-refractivity contribution is 9.10. The number of fused-ring (bicyclic) bond motifs is 1. The van der Waals surface area contributed by atoms with Gasteiger partial charge in [0.1, 0.15) is 0 Å². The molecule has 0 radical (unpaired) electrons. The summed E-state index contributed by atoms with van der Waals surface area (Å²) in [4.78, 5) is 17.3. The van der Waals surface area contributed by atoms with Crippen LogP contribution in [0.25, 0.3) is 0 Å². The summed E-state index contributed by atoms with van der Waals surface area (Å²) in [5.41, 5.74) is 4.00. The second-order valence-electron chi connectivity index (χ2n) is 7.02. The number of rotatable bonds is 3. The highest BCUT2D eigenvalue weighted by atomic mass is 79.9. The molecule has 3 nitrogen and oxygen atoms in total. The van der Waals surface area contributed by atoms with Crippen molar-refractivity contribution in [2.24, 2.45) is 0 Å². The van der Waals surface area contributed by atoms with E-state index in [0.717, 1.165) is 43.4 Å². The van der Waals surface area contributed by atoms with Crippen molar-refractivity contribution in [3.8, 4) is 0 Å². The van der Waals surface area contributed by atoms with Gasteiger partial charge in [-0.3, -0.25) is 9.69 Å². The molecule has 0 unspecified atom stereocenters. The molecule has 2 heterocycles. The highest BCUT2D eigenvalue weighted by Crippen LogP contribution is 2.33. The molecule has 1 amide bonds. The Bertz CT molecular complexity index is 776. The zero-order chi connectivity index (χ0) is 17.2. The number of halogens is 1. The van der Waals surface area contributed by atoms with Crippen molar-refractivity contribution >= 4 is 21.8 Å². The first-order valence-corrected chi connectivity index (χ1v) is 9.84. The van der Waals surface area contributed by atoms with Crippen LogP contribution in [-0.2, 0) is 17.8 Å². The first-order valence-electron chi connectivity index (χ1n) is 9.05. The summed E-state index contributed by atoms with van der Waals surface area (Å²) in [5.74, 6) is 0.261. The Labute approximate surface area is 157 Å². The fourth-order valence-corrected chi connectivity index (χ4v) is 4.51. The van der Waals surface area contributed by atoms with Crippen molar-refractivity contribution < 1.29 is 4.79 Å². The molecule has 0 spiro atoms. The molecule has 1 fully saturated rings. The molecule has 2 aliphatic rings. The minimum atomic E-state index is 0.261. The third-order valence-corrected chi connectivity index (χ3v) is 5.91. The Morgan fingerprint density at radius 3 is 2.76 bits per heavy atom. The molecule has 0 aliphatic carbocycles. The lowest BCUT2D eigenvalue weighted by molar-refractivity contribution is -0.133. The molecule has 0 saturated carbocycles. The van der Waals surface area contributed by atoms with Crippen molar-refractivity contribution in [1.29, 1.82) is 0 Å². The smallest absolute Gasteiger partial charge is 0.237 e. The maximum atomic E-state index is 12.9. The lowest BCUT2D eigenvalue weighted by Crippen LogP contribution is -2.42. The Balaban J connectivity index is 1.44. The van der Waals surface area contributed by atoms with Crippen LogP contribution >= 0.6 is 15.9 Å². The second-order valence-corrected chi connectivity index (χ2v) is 7.93. The minimum absolute atomic E-state index is 0.261. The molecule has 25 heavy (non-hydrogen) atoms. The summed E-state index contributed by atoms with van der Waals surface area (Å²) in [6.45, 7) is 3.13. The predicted molar refractivity (Wildman–Crippen MR) is 103 cm³/mol. The third kappa shape index (κ3) is 3.65. The summed E-state index contributed by atoms with van der Waals surface area (Å²) in [6.07, 6.45) is 3.26. The third-order valence-electron chi connectivity index (χ3n) is 5.42. The summed E-state index contributed by atoms with van der Waals surface area (Å²) < 4.78 is 1.11. The summed E-state index contributed by atoms with van der Waals surface area (Å²) in [5, 5.41) is 0. The number of likely N-dealkylation sites (tertiary alicyclic amines) is 1. The van der Waals surface area contributed by atoms with Crippen molar-refractivity contribution in [3.63, 3.8) is 0 Å². The van der Waals surface area contributed by atoms with Gasteiger partial charge in [0.15, 0.2) is 0 Å². The fraction of sp³-hybridized carbons (Fsp3) is 0.381. The van der Waals surface area contributed by atoms with Crippen LogP contribution < -0.4 is 0 Å². The van der Waals surface area contributed by atoms with E-state index >= 15 is 0 Å². The zero-order valence-corrected chi connectivity index (χ0v) is 15.9. The summed E-state index contributed by atoms with van der Waals surface area (Å²) >= 11 is 3.56. The van der Waals surface area contributed by atoms with E-state index in [9.17, 15) is 4.79 Å². The molecule has 1 saturated heterocycles. The predicted octanol–water partition coefficient (Wildman–Crippen LogP) is 4.17. The number of hydrogen-bond donors (Lipinski definition) is 0. The van der Waals surface area contributed by atoms with Gasteiger partial charge in [-0.05, 0) is 54.6 Å². The average Bonchev–Trinajstić information content (AvgIpc) is 3.09. The van der Waals surface area contributed by atoms with Gasteiger partial charge in [-0.1, -0.05) is 52.3 Å². The van der Waals surface area contributed by atoms with Crippen LogP contribution in [0.3, 0.4) is 0 Å². The van der Waals surface area contributed by atoms with Crippen molar-refractivity contribution in [3.05, 3.63) is 69.7 Å². The summed E-state index contributed by atoms with van der Waals surface area (Å²) in [6, 6.07) is 17.3. The van der Waals surface area contributed by atoms with Gasteiger partial charge in [-0.2, -0.15) is 0 Å². The van der Waals surface area contributed by atoms with Crippen LogP contribution in [-0.4, -0.2) is 35.3 Å². The number of carbonyl (C=O) groups is 1. The van der Waals surface area contributed by atoms with E-state index in [-0.39, 0.29) is 5.91 Å². The van der Waals surface area contributed by atoms with Crippen molar-refractivity contribution in [2.45, 2.75) is 31.8 Å². The lowest BCUT2D eigenvalue weighted by atomic mass is 10.00. The van der Waals surface area contributed by atoms with E-state index in [1.54, 1.807) is 0 Å². The maximum Gasteiger partial charge on any atom is 0.237 e. The molecule has 130 valence electrons. The molecule has 0 aromatic heterocycles. The molecule has 4 heteroatoms. The normalized spacial score (nSPS) is 20.5. The molecule has 0 N–H and O–H groups in total. The van der Waals surface area contributed by atoms with E-state index in [2.05, 4.69) is 69.4 Å². The molecule has 1 atom stereocenters. The Morgan fingerprint density at radius 2 is 1.92 bits per heavy atom. The summed E-state index contributed by atoms with van der Waals surface area (Å²) in [7, 11) is 0. The van der Waals surface area contributed by atoms with E-state index in [4.69, 9.17) is 0 Å². The SMILES string of the molecule is O=C(CN1CCC[C@@H]1c1cccc(Br)c1)N1CCc2ccccc2C1. The molecule has 2 aromatic rings. The molecule has 0 bridgehead atoms. The zero-order valence-electron chi connectivity index (χ0n) is 14.3. The van der Waals surface area contributed by atoms with Crippen LogP contribution in [0.1, 0.15) is 35.6 Å². The van der Waals surface area contributed by atoms with Crippen LogP contribution in [0.5, 0.6) is 0 Å². The van der Waals surface area contributed by atoms with E-state index < -0.39 is 0 Å². The van der Waals surface area contributed by atoms with Crippen molar-refractivity contribution in [1.82, 2.24) is 9.80 Å². The number of hydrogen-bond acceptors (Lipinski definition) is 2. The van der Waals surface area contributed by atoms with E-state index in [1.165, 1.54) is 16.7 Å². The maximum absolute atomic E-state index is 12.9. The van der Waals surface area contributed by atoms with Gasteiger partial charge >= 0.3 is 0 Å². The quantitative estimate of drug-likeness (QED) is 0.774. The van der Waals surface area contributed by atoms with Crippen LogP contribution in [0.4, 0.5) is 0 Å². The van der Waals surface area contributed by atoms with Crippen LogP contribution in [0.15, 0.2) is 53.0 Å². The Morgan fingerprint density at radius 1 is 1.08 bits per heavy atom. The van der Waals surface area contributed by atoms with Gasteiger partial charge in [-0.25, -0.2) is 0 Å². The standard InChI is InChI=1S/C21H23BrN2O/c22-19-8-3-7-17(13-19)20-9-4-11-23(20)15-21(25)24-12-10-16-5-1-2-6-18(16)14-24/h1-3,5-8,13,20H,4,9-12,14-15H2/t20-/m1/s1. The van der Waals surface area contributed by atoms with Gasteiger partial charge < -0.3 is 4.90 Å². The van der Waals surface area contributed by atoms with E-state index in [0.29, 0.717) is 12.6 Å². The monoisotopic (exact) mass is 398 g/mol. The van der Waals surface area contributed by atoms with Gasteiger partial charge in [0, 0.05) is 23.6 Å². The lowest BCUT2D eigenvalue weighted by Gasteiger charge is -2.32. The van der Waals surface area contributed by atoms with Crippen LogP contribution in [0, 0.1) is 0 Å². The first kappa shape index (κ1) is 16.8.